The number of rotatable bonds is 3. The van der Waals surface area contributed by atoms with E-state index >= 15 is 0 Å². The number of phenolic OH excluding ortho intramolecular Hbond substituents is 1. The van der Waals surface area contributed by atoms with Gasteiger partial charge in [0, 0.05) is 28.1 Å². The van der Waals surface area contributed by atoms with E-state index in [1.54, 1.807) is 37.4 Å². The molecule has 0 unspecified atom stereocenters. The van der Waals surface area contributed by atoms with Crippen LogP contribution in [0.2, 0.25) is 0 Å². The molecular formula is C16H12N4NiO3. The summed E-state index contributed by atoms with van der Waals surface area (Å²) >= 11 is 0. The monoisotopic (exact) mass is 366 g/mol. The fraction of sp³-hybridized carbons (Fsp3) is 0.0625. The molecule has 0 saturated heterocycles. The second-order valence-electron chi connectivity index (χ2n) is 4.81. The van der Waals surface area contributed by atoms with Crippen molar-refractivity contribution in [2.45, 2.75) is 6.92 Å². The first-order valence-electron chi connectivity index (χ1n) is 6.75. The number of azo groups is 1. The fourth-order valence-electron chi connectivity index (χ4n) is 2.14. The van der Waals surface area contributed by atoms with Gasteiger partial charge in [-0.1, -0.05) is 6.07 Å². The summed E-state index contributed by atoms with van der Waals surface area (Å²) in [6.07, 6.45) is 1.60. The Morgan fingerprint density at radius 3 is 2.62 bits per heavy atom. The number of phenols is 1. The molecule has 0 atom stereocenters. The molecule has 24 heavy (non-hydrogen) atoms. The first kappa shape index (κ1) is 17.5. The van der Waals surface area contributed by atoms with Crippen molar-refractivity contribution in [2.24, 2.45) is 10.2 Å². The normalized spacial score (nSPS) is 10.7. The molecule has 1 aromatic carbocycles. The van der Waals surface area contributed by atoms with Crippen LogP contribution in [0.5, 0.6) is 5.75 Å². The molecule has 3 aromatic rings. The van der Waals surface area contributed by atoms with Gasteiger partial charge >= 0.3 is 5.97 Å². The predicted molar refractivity (Wildman–Crippen MR) is 83.5 cm³/mol. The van der Waals surface area contributed by atoms with Gasteiger partial charge in [0.1, 0.15) is 17.0 Å². The molecule has 0 amide bonds. The molecule has 2 N–H and O–H groups in total. The number of fused-ring (bicyclic) bond motifs is 1. The summed E-state index contributed by atoms with van der Waals surface area (Å²) < 4.78 is 0. The van der Waals surface area contributed by atoms with Crippen LogP contribution < -0.4 is 0 Å². The van der Waals surface area contributed by atoms with E-state index in [1.165, 1.54) is 12.1 Å². The molecule has 0 bridgehead atoms. The number of aromatic hydroxyl groups is 1. The molecule has 0 spiro atoms. The summed E-state index contributed by atoms with van der Waals surface area (Å²) in [5.74, 6) is -0.726. The molecule has 2 aromatic heterocycles. The van der Waals surface area contributed by atoms with Gasteiger partial charge in [-0.05, 0) is 37.3 Å². The van der Waals surface area contributed by atoms with Gasteiger partial charge in [-0.3, -0.25) is 0 Å². The number of pyridine rings is 2. The molecule has 0 fully saturated rings. The minimum absolute atomic E-state index is 0. The number of hydrogen-bond donors (Lipinski definition) is 2. The third kappa shape index (κ3) is 3.39. The minimum Gasteiger partial charge on any atom is -0.507 e. The zero-order valence-corrected chi connectivity index (χ0v) is 13.4. The van der Waals surface area contributed by atoms with Crippen molar-refractivity contribution in [3.05, 3.63) is 53.9 Å². The number of carboxylic acid groups (broad SMARTS) is 1. The maximum Gasteiger partial charge on any atom is 0.337 e. The van der Waals surface area contributed by atoms with E-state index in [1.807, 2.05) is 0 Å². The molecule has 8 heteroatoms. The number of aromatic nitrogens is 2. The Kier molecular flexibility index (Phi) is 5.21. The molecule has 0 aliphatic carbocycles. The quantitative estimate of drug-likeness (QED) is 0.542. The van der Waals surface area contributed by atoms with Gasteiger partial charge in [0.15, 0.2) is 5.82 Å². The van der Waals surface area contributed by atoms with Crippen LogP contribution in [0.1, 0.15) is 16.1 Å². The number of nitrogens with zero attached hydrogens (tertiary/aromatic N) is 4. The van der Waals surface area contributed by atoms with E-state index in [-0.39, 0.29) is 27.8 Å². The Labute approximate surface area is 147 Å². The van der Waals surface area contributed by atoms with Gasteiger partial charge in [-0.15, -0.1) is 10.2 Å². The van der Waals surface area contributed by atoms with Crippen LogP contribution in [0.15, 0.2) is 52.8 Å². The van der Waals surface area contributed by atoms with Gasteiger partial charge in [0.2, 0.25) is 0 Å². The van der Waals surface area contributed by atoms with Crippen LogP contribution >= 0.6 is 0 Å². The van der Waals surface area contributed by atoms with Crippen LogP contribution in [0.25, 0.3) is 10.9 Å². The van der Waals surface area contributed by atoms with E-state index in [0.717, 1.165) is 0 Å². The Morgan fingerprint density at radius 2 is 1.96 bits per heavy atom. The summed E-state index contributed by atoms with van der Waals surface area (Å²) in [5, 5.41) is 27.6. The van der Waals surface area contributed by atoms with Crippen LogP contribution in [-0.2, 0) is 16.5 Å². The van der Waals surface area contributed by atoms with Gasteiger partial charge in [-0.2, -0.15) is 0 Å². The van der Waals surface area contributed by atoms with Gasteiger partial charge < -0.3 is 10.2 Å². The van der Waals surface area contributed by atoms with Gasteiger partial charge in [-0.25, -0.2) is 14.8 Å². The minimum atomic E-state index is -1.10. The number of aromatic carboxylic acids is 1. The molecule has 0 saturated carbocycles. The van der Waals surface area contributed by atoms with Crippen LogP contribution in [0, 0.1) is 6.92 Å². The second-order valence-corrected chi connectivity index (χ2v) is 4.81. The topological polar surface area (TPSA) is 108 Å². The van der Waals surface area contributed by atoms with Crippen molar-refractivity contribution in [3.8, 4) is 5.75 Å². The number of carbonyl (C=O) groups is 1. The molecule has 124 valence electrons. The Bertz CT molecular complexity index is 930. The summed E-state index contributed by atoms with van der Waals surface area (Å²) in [6.45, 7) is 1.59. The number of benzene rings is 1. The standard InChI is InChI=1S/C16H12N4O3.Ni/c1-9-10(16(22)23)8-11-13(21)6-5-12(15(11)18-9)19-20-14-4-2-3-7-17-14;/h2-8,21H,1H3,(H,22,23);. The van der Waals surface area contributed by atoms with E-state index in [9.17, 15) is 9.90 Å². The summed E-state index contributed by atoms with van der Waals surface area (Å²) in [7, 11) is 0. The van der Waals surface area contributed by atoms with Crippen molar-refractivity contribution < 1.29 is 31.5 Å². The van der Waals surface area contributed by atoms with Crippen molar-refractivity contribution in [1.29, 1.82) is 0 Å². The van der Waals surface area contributed by atoms with Crippen LogP contribution in [0.4, 0.5) is 11.5 Å². The maximum atomic E-state index is 11.2. The van der Waals surface area contributed by atoms with Gasteiger partial charge in [0.25, 0.3) is 0 Å². The summed E-state index contributed by atoms with van der Waals surface area (Å²) in [5.41, 5.74) is 1.17. The Morgan fingerprint density at radius 1 is 1.17 bits per heavy atom. The molecular weight excluding hydrogens is 355 g/mol. The number of carboxylic acids is 1. The second kappa shape index (κ2) is 7.14. The Balaban J connectivity index is 0.00000208. The third-order valence-electron chi connectivity index (χ3n) is 3.27. The molecule has 0 radical (unpaired) electrons. The first-order chi connectivity index (χ1) is 11.1. The van der Waals surface area contributed by atoms with Crippen molar-refractivity contribution >= 4 is 28.4 Å². The van der Waals surface area contributed by atoms with Crippen LogP contribution in [-0.4, -0.2) is 26.2 Å². The van der Waals surface area contributed by atoms with Crippen molar-refractivity contribution in [2.75, 3.05) is 0 Å². The van der Waals surface area contributed by atoms with Crippen molar-refractivity contribution in [3.63, 3.8) is 0 Å². The number of aryl methyl sites for hydroxylation is 1. The smallest absolute Gasteiger partial charge is 0.337 e. The average molecular weight is 367 g/mol. The number of hydrogen-bond acceptors (Lipinski definition) is 6. The molecule has 2 heterocycles. The SMILES string of the molecule is Cc1nc2c(N=Nc3ccccn3)ccc(O)c2cc1C(=O)O.[Ni]. The van der Waals surface area contributed by atoms with Crippen LogP contribution in [0.3, 0.4) is 0 Å². The zero-order chi connectivity index (χ0) is 16.4. The van der Waals surface area contributed by atoms with E-state index < -0.39 is 5.97 Å². The maximum absolute atomic E-state index is 11.2. The largest absolute Gasteiger partial charge is 0.507 e. The van der Waals surface area contributed by atoms with E-state index in [2.05, 4.69) is 20.2 Å². The first-order valence-corrected chi connectivity index (χ1v) is 6.75. The molecule has 3 rings (SSSR count). The summed E-state index contributed by atoms with van der Waals surface area (Å²) in [6, 6.07) is 9.64. The van der Waals surface area contributed by atoms with E-state index in [0.29, 0.717) is 28.1 Å². The van der Waals surface area contributed by atoms with E-state index in [4.69, 9.17) is 5.11 Å². The molecule has 7 nitrogen and oxygen atoms in total. The van der Waals surface area contributed by atoms with Gasteiger partial charge in [0.05, 0.1) is 11.3 Å². The molecule has 0 aliphatic rings. The Hall–Kier alpha value is -2.86. The predicted octanol–water partition coefficient (Wildman–Crippen LogP) is 3.75. The third-order valence-corrected chi connectivity index (χ3v) is 3.27. The molecule has 0 aliphatic heterocycles. The van der Waals surface area contributed by atoms with Crippen molar-refractivity contribution in [1.82, 2.24) is 9.97 Å². The average Bonchev–Trinajstić information content (AvgIpc) is 2.54. The summed E-state index contributed by atoms with van der Waals surface area (Å²) in [4.78, 5) is 19.5. The fourth-order valence-corrected chi connectivity index (χ4v) is 2.14. The zero-order valence-electron chi connectivity index (χ0n) is 12.4.